The van der Waals surface area contributed by atoms with Crippen LogP contribution >= 0.6 is 31.9 Å². The van der Waals surface area contributed by atoms with Crippen LogP contribution in [0, 0.1) is 5.82 Å². The van der Waals surface area contributed by atoms with Crippen LogP contribution in [0.3, 0.4) is 0 Å². The number of hydrogen-bond acceptors (Lipinski definition) is 2. The fourth-order valence-electron chi connectivity index (χ4n) is 1.38. The maximum Gasteiger partial charge on any atom is 0.139 e. The Bertz CT molecular complexity index is 512. The number of benzene rings is 1. The standard InChI is InChI=1S/C11H8Br2FNO/c12-7-3-4-16-11(7)10(15)6-1-2-9(14)8(13)5-6/h1-5,10H,15H2. The predicted molar refractivity (Wildman–Crippen MR) is 66.5 cm³/mol. The summed E-state index contributed by atoms with van der Waals surface area (Å²) < 4.78 is 19.5. The third-order valence-corrected chi connectivity index (χ3v) is 3.49. The number of hydrogen-bond donors (Lipinski definition) is 1. The summed E-state index contributed by atoms with van der Waals surface area (Å²) in [7, 11) is 0. The molecule has 2 nitrogen and oxygen atoms in total. The molecule has 0 radical (unpaired) electrons. The van der Waals surface area contributed by atoms with E-state index in [-0.39, 0.29) is 5.82 Å². The summed E-state index contributed by atoms with van der Waals surface area (Å²) in [6.07, 6.45) is 1.55. The molecule has 1 unspecified atom stereocenters. The van der Waals surface area contributed by atoms with E-state index >= 15 is 0 Å². The van der Waals surface area contributed by atoms with Crippen LogP contribution in [-0.4, -0.2) is 0 Å². The summed E-state index contributed by atoms with van der Waals surface area (Å²) in [4.78, 5) is 0. The van der Waals surface area contributed by atoms with Crippen LogP contribution in [0.25, 0.3) is 0 Å². The molecule has 1 aromatic carbocycles. The van der Waals surface area contributed by atoms with Gasteiger partial charge in [0.05, 0.1) is 21.3 Å². The molecule has 84 valence electrons. The topological polar surface area (TPSA) is 39.2 Å². The van der Waals surface area contributed by atoms with Crippen molar-refractivity contribution in [2.24, 2.45) is 5.73 Å². The highest BCUT2D eigenvalue weighted by Crippen LogP contribution is 2.29. The van der Waals surface area contributed by atoms with Gasteiger partial charge >= 0.3 is 0 Å². The monoisotopic (exact) mass is 347 g/mol. The number of rotatable bonds is 2. The summed E-state index contributed by atoms with van der Waals surface area (Å²) in [6, 6.07) is 6.01. The normalized spacial score (nSPS) is 12.8. The molecule has 0 fully saturated rings. The minimum atomic E-state index is -0.415. The summed E-state index contributed by atoms with van der Waals surface area (Å²) in [5.41, 5.74) is 6.79. The van der Waals surface area contributed by atoms with Crippen molar-refractivity contribution >= 4 is 31.9 Å². The average molecular weight is 349 g/mol. The molecular weight excluding hydrogens is 341 g/mol. The molecule has 1 atom stereocenters. The van der Waals surface area contributed by atoms with Crippen molar-refractivity contribution in [3.05, 3.63) is 56.6 Å². The average Bonchev–Trinajstić information content (AvgIpc) is 2.67. The highest BCUT2D eigenvalue weighted by molar-refractivity contribution is 9.10. The lowest BCUT2D eigenvalue weighted by Crippen LogP contribution is -2.11. The van der Waals surface area contributed by atoms with Crippen molar-refractivity contribution in [1.82, 2.24) is 0 Å². The Labute approximate surface area is 109 Å². The second-order valence-corrected chi connectivity index (χ2v) is 4.99. The molecule has 0 aliphatic carbocycles. The Kier molecular flexibility index (Phi) is 3.47. The molecule has 0 saturated heterocycles. The van der Waals surface area contributed by atoms with Crippen molar-refractivity contribution < 1.29 is 8.81 Å². The third kappa shape index (κ3) is 2.21. The van der Waals surface area contributed by atoms with Crippen molar-refractivity contribution in [3.63, 3.8) is 0 Å². The Morgan fingerprint density at radius 3 is 2.50 bits per heavy atom. The van der Waals surface area contributed by atoms with Gasteiger partial charge in [-0.15, -0.1) is 0 Å². The van der Waals surface area contributed by atoms with Gasteiger partial charge in [0.2, 0.25) is 0 Å². The van der Waals surface area contributed by atoms with Gasteiger partial charge in [0.25, 0.3) is 0 Å². The molecule has 0 saturated carbocycles. The zero-order valence-corrected chi connectivity index (χ0v) is 11.3. The highest BCUT2D eigenvalue weighted by atomic mass is 79.9. The zero-order valence-electron chi connectivity index (χ0n) is 8.08. The van der Waals surface area contributed by atoms with Gasteiger partial charge in [-0.1, -0.05) is 6.07 Å². The summed E-state index contributed by atoms with van der Waals surface area (Å²) in [5.74, 6) is 0.313. The molecule has 16 heavy (non-hydrogen) atoms. The fourth-order valence-corrected chi connectivity index (χ4v) is 2.23. The molecule has 2 aromatic rings. The van der Waals surface area contributed by atoms with Gasteiger partial charge < -0.3 is 10.2 Å². The Morgan fingerprint density at radius 2 is 1.94 bits per heavy atom. The Hall–Kier alpha value is -0.650. The van der Waals surface area contributed by atoms with E-state index in [4.69, 9.17) is 10.2 Å². The van der Waals surface area contributed by atoms with Gasteiger partial charge in [0.1, 0.15) is 11.6 Å². The molecule has 0 spiro atoms. The van der Waals surface area contributed by atoms with Crippen LogP contribution in [0.5, 0.6) is 0 Å². The van der Waals surface area contributed by atoms with E-state index in [0.29, 0.717) is 10.2 Å². The van der Waals surface area contributed by atoms with E-state index in [1.54, 1.807) is 24.5 Å². The number of furan rings is 1. The second-order valence-electron chi connectivity index (χ2n) is 3.28. The minimum absolute atomic E-state index is 0.311. The predicted octanol–water partition coefficient (Wildman–Crippen LogP) is 3.99. The smallest absolute Gasteiger partial charge is 0.139 e. The van der Waals surface area contributed by atoms with E-state index in [9.17, 15) is 4.39 Å². The van der Waals surface area contributed by atoms with Crippen molar-refractivity contribution in [3.8, 4) is 0 Å². The van der Waals surface area contributed by atoms with Crippen LogP contribution in [0.2, 0.25) is 0 Å². The molecule has 0 bridgehead atoms. The maximum absolute atomic E-state index is 13.1. The van der Waals surface area contributed by atoms with Gasteiger partial charge in [-0.25, -0.2) is 4.39 Å². The molecule has 2 N–H and O–H groups in total. The van der Waals surface area contributed by atoms with Gasteiger partial charge in [0.15, 0.2) is 0 Å². The number of nitrogens with two attached hydrogens (primary N) is 1. The maximum atomic E-state index is 13.1. The first-order valence-electron chi connectivity index (χ1n) is 4.53. The molecule has 0 aliphatic heterocycles. The van der Waals surface area contributed by atoms with E-state index in [1.165, 1.54) is 6.07 Å². The quantitative estimate of drug-likeness (QED) is 0.891. The molecule has 2 rings (SSSR count). The van der Waals surface area contributed by atoms with E-state index < -0.39 is 6.04 Å². The third-order valence-electron chi connectivity index (χ3n) is 2.23. The van der Waals surface area contributed by atoms with E-state index in [2.05, 4.69) is 31.9 Å². The van der Waals surface area contributed by atoms with Gasteiger partial charge in [-0.05, 0) is 55.6 Å². The SMILES string of the molecule is NC(c1ccc(F)c(Br)c1)c1occc1Br. The summed E-state index contributed by atoms with van der Waals surface area (Å²) >= 11 is 6.46. The lowest BCUT2D eigenvalue weighted by atomic mass is 10.1. The van der Waals surface area contributed by atoms with Crippen LogP contribution in [-0.2, 0) is 0 Å². The van der Waals surface area contributed by atoms with Crippen LogP contribution < -0.4 is 5.73 Å². The van der Waals surface area contributed by atoms with Crippen molar-refractivity contribution in [2.75, 3.05) is 0 Å². The minimum Gasteiger partial charge on any atom is -0.466 e. The van der Waals surface area contributed by atoms with Gasteiger partial charge in [-0.3, -0.25) is 0 Å². The lowest BCUT2D eigenvalue weighted by molar-refractivity contribution is 0.487. The molecule has 0 aliphatic rings. The first kappa shape index (κ1) is 11.8. The molecule has 5 heteroatoms. The van der Waals surface area contributed by atoms with Gasteiger partial charge in [-0.2, -0.15) is 0 Å². The molecule has 1 heterocycles. The summed E-state index contributed by atoms with van der Waals surface area (Å²) in [6.45, 7) is 0. The van der Waals surface area contributed by atoms with Crippen LogP contribution in [0.15, 0.2) is 43.9 Å². The Morgan fingerprint density at radius 1 is 1.19 bits per heavy atom. The summed E-state index contributed by atoms with van der Waals surface area (Å²) in [5, 5.41) is 0. The molecular formula is C11H8Br2FNO. The highest BCUT2D eigenvalue weighted by Gasteiger charge is 2.16. The number of halogens is 3. The largest absolute Gasteiger partial charge is 0.466 e. The van der Waals surface area contributed by atoms with Crippen molar-refractivity contribution in [2.45, 2.75) is 6.04 Å². The van der Waals surface area contributed by atoms with Crippen LogP contribution in [0.4, 0.5) is 4.39 Å². The van der Waals surface area contributed by atoms with E-state index in [0.717, 1.165) is 10.0 Å². The Balaban J connectivity index is 2.38. The van der Waals surface area contributed by atoms with Crippen molar-refractivity contribution in [1.29, 1.82) is 0 Å². The lowest BCUT2D eigenvalue weighted by Gasteiger charge is -2.10. The molecule has 1 aromatic heterocycles. The van der Waals surface area contributed by atoms with Crippen LogP contribution in [0.1, 0.15) is 17.4 Å². The molecule has 0 amide bonds. The van der Waals surface area contributed by atoms with E-state index in [1.807, 2.05) is 0 Å². The first-order valence-corrected chi connectivity index (χ1v) is 6.11. The van der Waals surface area contributed by atoms with Gasteiger partial charge in [0, 0.05) is 0 Å². The first-order chi connectivity index (χ1) is 7.59. The second kappa shape index (κ2) is 4.69. The zero-order chi connectivity index (χ0) is 11.7. The fraction of sp³-hybridized carbons (Fsp3) is 0.0909.